The molecule has 0 aliphatic heterocycles. The van der Waals surface area contributed by atoms with Crippen LogP contribution in [-0.4, -0.2) is 114 Å². The Morgan fingerprint density at radius 3 is 0.222 bits per heavy atom. The van der Waals surface area contributed by atoms with Crippen molar-refractivity contribution in [3.05, 3.63) is 0 Å². The van der Waals surface area contributed by atoms with Gasteiger partial charge in [-0.05, 0) is 0 Å². The summed E-state index contributed by atoms with van der Waals surface area (Å²) in [4.78, 5) is 0. The zero-order valence-corrected chi connectivity index (χ0v) is 9.33. The average Bonchev–Trinajstić information content (AvgIpc) is 0. The van der Waals surface area contributed by atoms with E-state index in [1.54, 1.807) is 0 Å². The van der Waals surface area contributed by atoms with Gasteiger partial charge in [-0.25, -0.2) is 0 Å². The minimum absolute atomic E-state index is 0. The van der Waals surface area contributed by atoms with Crippen LogP contribution in [0.5, 0.6) is 0 Å². The maximum absolute atomic E-state index is 0. The minimum Gasteiger partial charge on any atom is -0.412 e. The van der Waals surface area contributed by atoms with Crippen LogP contribution in [0.3, 0.4) is 0 Å². The smallest absolute Gasteiger partial charge is 0 e. The maximum atomic E-state index is 0. The van der Waals surface area contributed by atoms with Gasteiger partial charge in [-0.15, -0.1) is 0 Å². The Hall–Kier alpha value is 2.24. The summed E-state index contributed by atoms with van der Waals surface area (Å²) >= 11 is 0. The maximum Gasteiger partial charge on any atom is 0 e. The molecule has 0 aromatic rings. The van der Waals surface area contributed by atoms with Gasteiger partial charge in [0.1, 0.15) is 0 Å². The molecule has 4 radical (unpaired) electrons. The molecule has 9 heteroatoms. The minimum atomic E-state index is 0. The van der Waals surface area contributed by atoms with Gasteiger partial charge < -0.3 is 38.3 Å². The quantitative estimate of drug-likeness (QED) is 0.337. The summed E-state index contributed by atoms with van der Waals surface area (Å²) < 4.78 is 0. The van der Waals surface area contributed by atoms with Crippen molar-refractivity contribution in [1.82, 2.24) is 0 Å². The van der Waals surface area contributed by atoms with Crippen LogP contribution in [0.15, 0.2) is 0 Å². The second kappa shape index (κ2) is 174. The Bertz CT molecular complexity index is 6.88. The molecule has 9 heavy (non-hydrogen) atoms. The molecule has 60 valence electrons. The molecular formula is H14Ca2O7. The molecule has 0 amide bonds. The van der Waals surface area contributed by atoms with Crippen LogP contribution in [0.1, 0.15) is 0 Å². The van der Waals surface area contributed by atoms with Gasteiger partial charge >= 0.3 is 0 Å². The van der Waals surface area contributed by atoms with Gasteiger partial charge in [0.25, 0.3) is 0 Å². The molecule has 0 atom stereocenters. The normalized spacial score (nSPS) is 0. The van der Waals surface area contributed by atoms with Crippen LogP contribution in [0.4, 0.5) is 0 Å². The van der Waals surface area contributed by atoms with Crippen molar-refractivity contribution in [1.29, 1.82) is 0 Å². The van der Waals surface area contributed by atoms with Gasteiger partial charge in [0.15, 0.2) is 0 Å². The van der Waals surface area contributed by atoms with Gasteiger partial charge in [0.2, 0.25) is 0 Å². The van der Waals surface area contributed by atoms with E-state index in [0.29, 0.717) is 0 Å². The molecule has 0 saturated heterocycles. The Balaban J connectivity index is 0. The fourth-order valence-electron chi connectivity index (χ4n) is 0. The number of rotatable bonds is 0. The molecule has 0 aliphatic carbocycles. The van der Waals surface area contributed by atoms with Crippen LogP contribution >= 0.6 is 0 Å². The Kier molecular flexibility index (Phi) is 4550. The van der Waals surface area contributed by atoms with E-state index in [1.807, 2.05) is 0 Å². The average molecular weight is 206 g/mol. The van der Waals surface area contributed by atoms with Crippen molar-refractivity contribution in [3.8, 4) is 0 Å². The largest absolute Gasteiger partial charge is 0.412 e. The first-order valence-corrected chi connectivity index (χ1v) is 0. The predicted octanol–water partition coefficient (Wildman–Crippen LogP) is -6.53. The van der Waals surface area contributed by atoms with E-state index in [2.05, 4.69) is 0 Å². The molecule has 0 rings (SSSR count). The van der Waals surface area contributed by atoms with E-state index < -0.39 is 0 Å². The van der Waals surface area contributed by atoms with Gasteiger partial charge in [0, 0.05) is 75.5 Å². The third-order valence-corrected chi connectivity index (χ3v) is 0. The van der Waals surface area contributed by atoms with Crippen molar-refractivity contribution < 1.29 is 38.3 Å². The third kappa shape index (κ3) is 139. The van der Waals surface area contributed by atoms with E-state index in [1.165, 1.54) is 0 Å². The van der Waals surface area contributed by atoms with Gasteiger partial charge in [-0.1, -0.05) is 0 Å². The van der Waals surface area contributed by atoms with Crippen LogP contribution in [-0.2, 0) is 0 Å². The molecule has 0 heterocycles. The van der Waals surface area contributed by atoms with Crippen LogP contribution in [0.2, 0.25) is 0 Å². The third-order valence-electron chi connectivity index (χ3n) is 0. The van der Waals surface area contributed by atoms with E-state index in [9.17, 15) is 0 Å². The summed E-state index contributed by atoms with van der Waals surface area (Å²) in [6, 6.07) is 0. The first-order chi connectivity index (χ1) is 0. The van der Waals surface area contributed by atoms with Gasteiger partial charge in [0.05, 0.1) is 0 Å². The topological polar surface area (TPSA) is 220 Å². The van der Waals surface area contributed by atoms with Crippen LogP contribution < -0.4 is 0 Å². The zero-order valence-electron chi connectivity index (χ0n) is 4.91. The van der Waals surface area contributed by atoms with E-state index in [0.717, 1.165) is 0 Å². The Morgan fingerprint density at radius 2 is 0.222 bits per heavy atom. The number of hydrogen-bond donors (Lipinski definition) is 0. The van der Waals surface area contributed by atoms with Gasteiger partial charge in [-0.2, -0.15) is 0 Å². The molecule has 0 bridgehead atoms. The molecule has 0 fully saturated rings. The van der Waals surface area contributed by atoms with E-state index in [4.69, 9.17) is 0 Å². The van der Waals surface area contributed by atoms with Crippen molar-refractivity contribution in [3.63, 3.8) is 0 Å². The molecule has 0 spiro atoms. The van der Waals surface area contributed by atoms with E-state index in [-0.39, 0.29) is 114 Å². The van der Waals surface area contributed by atoms with Crippen LogP contribution in [0.25, 0.3) is 0 Å². The molecule has 0 aromatic carbocycles. The SMILES string of the molecule is O.O.O.O.O.O.O.[Ca].[Ca]. The van der Waals surface area contributed by atoms with Crippen molar-refractivity contribution in [2.75, 3.05) is 0 Å². The predicted molar refractivity (Wildman–Crippen MR) is 36.8 cm³/mol. The Labute approximate surface area is 112 Å². The summed E-state index contributed by atoms with van der Waals surface area (Å²) in [6.45, 7) is 0. The fourth-order valence-corrected chi connectivity index (χ4v) is 0. The van der Waals surface area contributed by atoms with E-state index >= 15 is 0 Å². The second-order valence-electron chi connectivity index (χ2n) is 0. The van der Waals surface area contributed by atoms with Crippen LogP contribution in [0, 0.1) is 0 Å². The molecule has 0 unspecified atom stereocenters. The van der Waals surface area contributed by atoms with Gasteiger partial charge in [-0.3, -0.25) is 0 Å². The summed E-state index contributed by atoms with van der Waals surface area (Å²) in [5.41, 5.74) is 0. The monoisotopic (exact) mass is 206 g/mol. The fraction of sp³-hybridized carbons (Fsp3) is 0. The second-order valence-corrected chi connectivity index (χ2v) is 0. The molecule has 0 saturated carbocycles. The zero-order chi connectivity index (χ0) is 0. The first-order valence-electron chi connectivity index (χ1n) is 0. The van der Waals surface area contributed by atoms with Crippen molar-refractivity contribution >= 4 is 75.5 Å². The molecule has 14 N–H and O–H groups in total. The first kappa shape index (κ1) is 235. The molecular weight excluding hydrogens is 192 g/mol. The van der Waals surface area contributed by atoms with Crippen molar-refractivity contribution in [2.24, 2.45) is 0 Å². The molecule has 7 nitrogen and oxygen atoms in total. The summed E-state index contributed by atoms with van der Waals surface area (Å²) in [5.74, 6) is 0. The summed E-state index contributed by atoms with van der Waals surface area (Å²) in [5, 5.41) is 0. The number of hydrogen-bond acceptors (Lipinski definition) is 0. The summed E-state index contributed by atoms with van der Waals surface area (Å²) in [6.07, 6.45) is 0. The Morgan fingerprint density at radius 1 is 0.222 bits per heavy atom. The molecule has 0 aliphatic rings. The van der Waals surface area contributed by atoms with Crippen molar-refractivity contribution in [2.45, 2.75) is 0 Å². The standard InChI is InChI=1S/2Ca.7H2O/h;;7*1H2. The molecule has 0 aromatic heterocycles. The summed E-state index contributed by atoms with van der Waals surface area (Å²) in [7, 11) is 0.